The second kappa shape index (κ2) is 11.9. The van der Waals surface area contributed by atoms with E-state index >= 15 is 4.39 Å². The van der Waals surface area contributed by atoms with E-state index in [-0.39, 0.29) is 29.8 Å². The van der Waals surface area contributed by atoms with Gasteiger partial charge in [-0.25, -0.2) is 4.39 Å². The Bertz CT molecular complexity index is 1350. The lowest BCUT2D eigenvalue weighted by atomic mass is 9.86. The number of carbonyl (C=O) groups excluding carboxylic acids is 1. The van der Waals surface area contributed by atoms with Crippen LogP contribution in [0.15, 0.2) is 59.9 Å². The van der Waals surface area contributed by atoms with Gasteiger partial charge in [0.05, 0.1) is 23.4 Å². The van der Waals surface area contributed by atoms with Gasteiger partial charge in [-0.05, 0) is 77.0 Å². The van der Waals surface area contributed by atoms with Crippen molar-refractivity contribution in [3.05, 3.63) is 105 Å². The maximum Gasteiger partial charge on any atom is 0.257 e. The Morgan fingerprint density at radius 3 is 2.27 bits per heavy atom. The van der Waals surface area contributed by atoms with Crippen molar-refractivity contribution in [2.75, 3.05) is 33.9 Å². The van der Waals surface area contributed by atoms with Crippen molar-refractivity contribution in [2.24, 2.45) is 5.18 Å². The molecule has 0 aliphatic carbocycles. The number of ether oxygens (including phenoxy) is 1. The fourth-order valence-electron chi connectivity index (χ4n) is 5.19. The van der Waals surface area contributed by atoms with Gasteiger partial charge in [0, 0.05) is 31.5 Å². The Balaban J connectivity index is 0.000000666. The van der Waals surface area contributed by atoms with Crippen LogP contribution in [0.25, 0.3) is 0 Å². The molecule has 1 aromatic heterocycles. The summed E-state index contributed by atoms with van der Waals surface area (Å²) < 4.78 is 20.8. The maximum atomic E-state index is 15.8. The summed E-state index contributed by atoms with van der Waals surface area (Å²) in [4.78, 5) is 32.9. The van der Waals surface area contributed by atoms with Gasteiger partial charge < -0.3 is 14.7 Å². The number of fused-ring (bicyclic) bond motifs is 1. The normalized spacial score (nSPS) is 19.7. The third-order valence-corrected chi connectivity index (χ3v) is 7.33. The second-order valence-corrected chi connectivity index (χ2v) is 11.1. The number of hydrogen-bond donors (Lipinski definition) is 1. The first-order valence-electron chi connectivity index (χ1n) is 13.4. The molecule has 212 valence electrons. The fraction of sp³-hybridized carbons (Fsp3) is 0.419. The number of halogens is 1. The van der Waals surface area contributed by atoms with E-state index in [1.54, 1.807) is 62.4 Å². The van der Waals surface area contributed by atoms with E-state index in [1.807, 2.05) is 19.9 Å². The number of rotatable bonds is 7. The highest BCUT2D eigenvalue weighted by atomic mass is 19.1. The number of amides is 1. The second-order valence-electron chi connectivity index (χ2n) is 11.1. The standard InChI is InChI=1S/C27H29FN4O3.C4H8O/c1-17-6-9-19(10-7-17)27(34)24-22(25(33)32(27)15-21-11-8-18(2)14-29-21)12-20(13-23(24)28)26(3,30-35)16-31(4)5;1-2-4-5-3-1/h6-14,34H,15-16H2,1-5H3;1-4H2. The van der Waals surface area contributed by atoms with Gasteiger partial charge in [-0.3, -0.25) is 14.7 Å². The molecule has 0 spiro atoms. The summed E-state index contributed by atoms with van der Waals surface area (Å²) in [6.07, 6.45) is 4.23. The molecule has 3 heterocycles. The molecular weight excluding hydrogens is 511 g/mol. The lowest BCUT2D eigenvalue weighted by Crippen LogP contribution is -2.44. The van der Waals surface area contributed by atoms with Gasteiger partial charge in [-0.15, -0.1) is 4.91 Å². The lowest BCUT2D eigenvalue weighted by Gasteiger charge is -2.35. The fourth-order valence-corrected chi connectivity index (χ4v) is 5.19. The van der Waals surface area contributed by atoms with Crippen molar-refractivity contribution >= 4 is 5.91 Å². The molecule has 0 radical (unpaired) electrons. The summed E-state index contributed by atoms with van der Waals surface area (Å²) in [6.45, 7) is 7.59. The Labute approximate surface area is 234 Å². The van der Waals surface area contributed by atoms with E-state index < -0.39 is 23.0 Å². The third kappa shape index (κ3) is 5.82. The molecule has 2 aliphatic heterocycles. The first kappa shape index (κ1) is 29.5. The first-order valence-corrected chi connectivity index (χ1v) is 13.4. The number of likely N-dealkylation sites (N-methyl/N-ethyl adjacent to an activating group) is 1. The molecule has 1 fully saturated rings. The van der Waals surface area contributed by atoms with Crippen LogP contribution in [-0.4, -0.2) is 59.7 Å². The number of benzene rings is 2. The minimum atomic E-state index is -2.05. The number of pyridine rings is 1. The van der Waals surface area contributed by atoms with Crippen molar-refractivity contribution in [1.82, 2.24) is 14.8 Å². The molecular formula is C31H37FN4O4. The zero-order chi connectivity index (χ0) is 29.1. The molecule has 2 atom stereocenters. The topological polar surface area (TPSA) is 95.3 Å². The number of aromatic nitrogens is 1. The number of nitrogens with zero attached hydrogens (tertiary/aromatic N) is 4. The molecule has 2 aromatic carbocycles. The summed E-state index contributed by atoms with van der Waals surface area (Å²) in [5.74, 6) is -1.33. The largest absolute Gasteiger partial charge is 0.381 e. The molecule has 0 saturated carbocycles. The smallest absolute Gasteiger partial charge is 0.257 e. The van der Waals surface area contributed by atoms with E-state index in [9.17, 15) is 14.8 Å². The van der Waals surface area contributed by atoms with Crippen LogP contribution in [0.4, 0.5) is 4.39 Å². The van der Waals surface area contributed by atoms with Gasteiger partial charge in [0.25, 0.3) is 5.91 Å². The third-order valence-electron chi connectivity index (χ3n) is 7.33. The Morgan fingerprint density at radius 2 is 1.75 bits per heavy atom. The summed E-state index contributed by atoms with van der Waals surface area (Å²) in [5.41, 5.74) is -0.378. The molecule has 3 aromatic rings. The van der Waals surface area contributed by atoms with E-state index in [1.165, 1.54) is 29.9 Å². The Kier molecular flexibility index (Phi) is 8.77. The molecule has 5 rings (SSSR count). The Hall–Kier alpha value is -3.53. The van der Waals surface area contributed by atoms with Crippen LogP contribution in [0.5, 0.6) is 0 Å². The molecule has 8 nitrogen and oxygen atoms in total. The van der Waals surface area contributed by atoms with Gasteiger partial charge >= 0.3 is 0 Å². The number of hydrogen-bond acceptors (Lipinski definition) is 7. The van der Waals surface area contributed by atoms with Gasteiger partial charge in [0.2, 0.25) is 0 Å². The van der Waals surface area contributed by atoms with E-state index in [0.717, 1.165) is 24.3 Å². The van der Waals surface area contributed by atoms with Crippen molar-refractivity contribution < 1.29 is 19.0 Å². The van der Waals surface area contributed by atoms with Crippen molar-refractivity contribution in [3.63, 3.8) is 0 Å². The molecule has 1 saturated heterocycles. The quantitative estimate of drug-likeness (QED) is 0.417. The van der Waals surface area contributed by atoms with E-state index in [2.05, 4.69) is 10.2 Å². The van der Waals surface area contributed by atoms with Crippen LogP contribution in [0.2, 0.25) is 0 Å². The van der Waals surface area contributed by atoms with Crippen LogP contribution in [0.3, 0.4) is 0 Å². The summed E-state index contributed by atoms with van der Waals surface area (Å²) >= 11 is 0. The molecule has 0 bridgehead atoms. The molecule has 40 heavy (non-hydrogen) atoms. The van der Waals surface area contributed by atoms with Gasteiger partial charge in [0.1, 0.15) is 11.4 Å². The zero-order valence-electron chi connectivity index (χ0n) is 23.8. The monoisotopic (exact) mass is 548 g/mol. The maximum absolute atomic E-state index is 15.8. The molecule has 2 unspecified atom stereocenters. The molecule has 1 amide bonds. The Morgan fingerprint density at radius 1 is 1.10 bits per heavy atom. The molecule has 9 heteroatoms. The summed E-state index contributed by atoms with van der Waals surface area (Å²) in [7, 11) is 3.56. The predicted octanol–water partition coefficient (Wildman–Crippen LogP) is 5.03. The highest BCUT2D eigenvalue weighted by Crippen LogP contribution is 2.46. The van der Waals surface area contributed by atoms with Crippen LogP contribution in [0, 0.1) is 24.6 Å². The lowest BCUT2D eigenvalue weighted by molar-refractivity contribution is -0.0567. The van der Waals surface area contributed by atoms with Crippen molar-refractivity contribution in [3.8, 4) is 0 Å². The van der Waals surface area contributed by atoms with Crippen LogP contribution < -0.4 is 0 Å². The predicted molar refractivity (Wildman–Crippen MR) is 151 cm³/mol. The minimum absolute atomic E-state index is 0.00354. The van der Waals surface area contributed by atoms with Crippen LogP contribution >= 0.6 is 0 Å². The number of aryl methyl sites for hydroxylation is 2. The highest BCUT2D eigenvalue weighted by Gasteiger charge is 2.52. The number of carbonyl (C=O) groups is 1. The summed E-state index contributed by atoms with van der Waals surface area (Å²) in [5, 5.41) is 15.3. The van der Waals surface area contributed by atoms with Gasteiger partial charge in [0.15, 0.2) is 5.72 Å². The van der Waals surface area contributed by atoms with Crippen LogP contribution in [0.1, 0.15) is 63.6 Å². The van der Waals surface area contributed by atoms with Gasteiger partial charge in [-0.2, -0.15) is 0 Å². The van der Waals surface area contributed by atoms with Crippen molar-refractivity contribution in [1.29, 1.82) is 0 Å². The minimum Gasteiger partial charge on any atom is -0.381 e. The zero-order valence-corrected chi connectivity index (χ0v) is 23.8. The van der Waals surface area contributed by atoms with Crippen molar-refractivity contribution in [2.45, 2.75) is 51.4 Å². The van der Waals surface area contributed by atoms with Crippen LogP contribution in [-0.2, 0) is 22.5 Å². The highest BCUT2D eigenvalue weighted by molar-refractivity contribution is 6.00. The van der Waals surface area contributed by atoms with E-state index in [0.29, 0.717) is 11.3 Å². The SMILES string of the molecule is C1CCOC1.Cc1ccc(C2(O)c3c(F)cc(C(C)(CN(C)C)N=O)cc3C(=O)N2Cc2ccc(C)cn2)cc1. The van der Waals surface area contributed by atoms with Gasteiger partial charge in [-0.1, -0.05) is 41.1 Å². The van der Waals surface area contributed by atoms with E-state index in [4.69, 9.17) is 4.74 Å². The number of nitroso groups, excluding NO2 is 1. The molecule has 2 aliphatic rings. The first-order chi connectivity index (χ1) is 19.0. The number of aliphatic hydroxyl groups is 1. The average molecular weight is 549 g/mol. The molecule has 1 N–H and O–H groups in total. The summed E-state index contributed by atoms with van der Waals surface area (Å²) in [6, 6.07) is 13.3. The average Bonchev–Trinajstić information content (AvgIpc) is 3.57.